The van der Waals surface area contributed by atoms with E-state index in [4.69, 9.17) is 14.7 Å². The number of pyridine rings is 1. The number of carbonyl (C=O) groups excluding carboxylic acids is 1. The van der Waals surface area contributed by atoms with Crippen molar-refractivity contribution >= 4 is 11.7 Å². The predicted molar refractivity (Wildman–Crippen MR) is 85.1 cm³/mol. The first-order valence-electron chi connectivity index (χ1n) is 7.42. The average molecular weight is 347 g/mol. The van der Waals surface area contributed by atoms with Gasteiger partial charge in [0.25, 0.3) is 5.91 Å². The molecule has 8 heteroatoms. The van der Waals surface area contributed by atoms with Crippen LogP contribution in [-0.2, 0) is 4.79 Å². The van der Waals surface area contributed by atoms with Gasteiger partial charge in [0, 0.05) is 18.7 Å². The number of ether oxygens (including phenoxy) is 2. The summed E-state index contributed by atoms with van der Waals surface area (Å²) in [7, 11) is 0. The molecule has 0 aliphatic heterocycles. The van der Waals surface area contributed by atoms with Crippen molar-refractivity contribution in [1.82, 2.24) is 4.98 Å². The van der Waals surface area contributed by atoms with Crippen LogP contribution in [0.15, 0.2) is 36.5 Å². The van der Waals surface area contributed by atoms with Crippen LogP contribution in [-0.4, -0.2) is 24.1 Å². The van der Waals surface area contributed by atoms with Crippen LogP contribution in [0, 0.1) is 23.0 Å². The fourth-order valence-corrected chi connectivity index (χ4v) is 1.84. The Morgan fingerprint density at radius 1 is 1.24 bits per heavy atom. The molecular formula is C17H15F2N3O3. The second-order valence-corrected chi connectivity index (χ2v) is 4.87. The largest absolute Gasteiger partial charge is 0.490 e. The molecule has 0 radical (unpaired) electrons. The Hall–Kier alpha value is -3.21. The molecule has 1 aromatic heterocycles. The van der Waals surface area contributed by atoms with Gasteiger partial charge in [-0.15, -0.1) is 0 Å². The van der Waals surface area contributed by atoms with Gasteiger partial charge in [-0.25, -0.2) is 13.8 Å². The summed E-state index contributed by atoms with van der Waals surface area (Å²) in [5, 5.41) is 11.0. The van der Waals surface area contributed by atoms with E-state index in [-0.39, 0.29) is 11.6 Å². The number of nitriles is 1. The quantitative estimate of drug-likeness (QED) is 0.742. The molecule has 0 bridgehead atoms. The lowest BCUT2D eigenvalue weighted by molar-refractivity contribution is -0.118. The molecule has 0 aliphatic carbocycles. The maximum absolute atomic E-state index is 13.4. The standard InChI is InChI=1S/C17H15F2N3O3/c18-12-5-6-14(13(19)10-12)25-11-16(23)22-17-15(4-3-8-21-17)24-9-2-1-7-20/h3-6,8,10H,1-2,9,11H2,(H,21,22,23). The number of hydrogen-bond donors (Lipinski definition) is 1. The third kappa shape index (κ3) is 5.73. The number of rotatable bonds is 8. The maximum Gasteiger partial charge on any atom is 0.263 e. The van der Waals surface area contributed by atoms with Crippen molar-refractivity contribution in [2.75, 3.05) is 18.5 Å². The third-order valence-electron chi connectivity index (χ3n) is 2.97. The molecule has 0 saturated carbocycles. The Morgan fingerprint density at radius 2 is 2.08 bits per heavy atom. The van der Waals surface area contributed by atoms with Crippen LogP contribution in [0.4, 0.5) is 14.6 Å². The lowest BCUT2D eigenvalue weighted by atomic mass is 10.3. The van der Waals surface area contributed by atoms with Crippen molar-refractivity contribution in [1.29, 1.82) is 5.26 Å². The van der Waals surface area contributed by atoms with Gasteiger partial charge in [-0.1, -0.05) is 0 Å². The monoisotopic (exact) mass is 347 g/mol. The molecule has 1 amide bonds. The first-order valence-corrected chi connectivity index (χ1v) is 7.42. The maximum atomic E-state index is 13.4. The number of benzene rings is 1. The molecule has 0 atom stereocenters. The van der Waals surface area contributed by atoms with E-state index in [2.05, 4.69) is 10.3 Å². The lowest BCUT2D eigenvalue weighted by Crippen LogP contribution is -2.21. The van der Waals surface area contributed by atoms with E-state index in [1.165, 1.54) is 6.20 Å². The highest BCUT2D eigenvalue weighted by Crippen LogP contribution is 2.21. The second-order valence-electron chi connectivity index (χ2n) is 4.87. The summed E-state index contributed by atoms with van der Waals surface area (Å²) < 4.78 is 36.7. The third-order valence-corrected chi connectivity index (χ3v) is 2.97. The summed E-state index contributed by atoms with van der Waals surface area (Å²) in [6, 6.07) is 8.06. The zero-order valence-electron chi connectivity index (χ0n) is 13.2. The minimum atomic E-state index is -0.896. The van der Waals surface area contributed by atoms with Crippen molar-refractivity contribution < 1.29 is 23.0 Å². The SMILES string of the molecule is N#CCCCOc1cccnc1NC(=O)COc1ccc(F)cc1F. The van der Waals surface area contributed by atoms with Crippen LogP contribution in [0.25, 0.3) is 0 Å². The number of hydrogen-bond acceptors (Lipinski definition) is 5. The number of carbonyl (C=O) groups is 1. The molecule has 25 heavy (non-hydrogen) atoms. The molecule has 0 spiro atoms. The summed E-state index contributed by atoms with van der Waals surface area (Å²) in [6.07, 6.45) is 2.38. The highest BCUT2D eigenvalue weighted by Gasteiger charge is 2.11. The topological polar surface area (TPSA) is 84.2 Å². The molecule has 0 aliphatic rings. The molecule has 130 valence electrons. The molecule has 1 heterocycles. The number of amides is 1. The smallest absolute Gasteiger partial charge is 0.263 e. The van der Waals surface area contributed by atoms with E-state index < -0.39 is 24.1 Å². The molecule has 6 nitrogen and oxygen atoms in total. The summed E-state index contributed by atoms with van der Waals surface area (Å²) in [5.74, 6) is -1.91. The van der Waals surface area contributed by atoms with E-state index in [9.17, 15) is 13.6 Å². The van der Waals surface area contributed by atoms with E-state index in [0.717, 1.165) is 12.1 Å². The molecule has 1 aromatic carbocycles. The van der Waals surface area contributed by atoms with Crippen LogP contribution in [0.3, 0.4) is 0 Å². The second kappa shape index (κ2) is 9.17. The van der Waals surface area contributed by atoms with Gasteiger partial charge in [0.15, 0.2) is 29.7 Å². The normalized spacial score (nSPS) is 9.96. The first kappa shape index (κ1) is 18.1. The van der Waals surface area contributed by atoms with Gasteiger partial charge in [0.05, 0.1) is 12.7 Å². The molecular weight excluding hydrogens is 332 g/mol. The van der Waals surface area contributed by atoms with E-state index >= 15 is 0 Å². The first-order chi connectivity index (χ1) is 12.1. The number of aromatic nitrogens is 1. The molecule has 0 unspecified atom stereocenters. The zero-order valence-corrected chi connectivity index (χ0v) is 13.2. The van der Waals surface area contributed by atoms with Crippen LogP contribution in [0.5, 0.6) is 11.5 Å². The number of unbranched alkanes of at least 4 members (excludes halogenated alkanes) is 1. The number of anilines is 1. The van der Waals surface area contributed by atoms with Crippen molar-refractivity contribution in [3.8, 4) is 17.6 Å². The minimum Gasteiger partial charge on any atom is -0.490 e. The molecule has 2 rings (SSSR count). The van der Waals surface area contributed by atoms with Crippen molar-refractivity contribution in [2.45, 2.75) is 12.8 Å². The van der Waals surface area contributed by atoms with Crippen LogP contribution in [0.2, 0.25) is 0 Å². The summed E-state index contributed by atoms with van der Waals surface area (Å²) in [4.78, 5) is 15.9. The van der Waals surface area contributed by atoms with Crippen molar-refractivity contribution in [2.24, 2.45) is 0 Å². The van der Waals surface area contributed by atoms with Crippen molar-refractivity contribution in [3.05, 3.63) is 48.2 Å². The van der Waals surface area contributed by atoms with E-state index in [0.29, 0.717) is 31.3 Å². The average Bonchev–Trinajstić information content (AvgIpc) is 2.59. The van der Waals surface area contributed by atoms with Gasteiger partial charge in [0.2, 0.25) is 0 Å². The Kier molecular flexibility index (Phi) is 6.65. The lowest BCUT2D eigenvalue weighted by Gasteiger charge is -2.11. The Bertz CT molecular complexity index is 778. The molecule has 2 aromatic rings. The fraction of sp³-hybridized carbons (Fsp3) is 0.235. The summed E-state index contributed by atoms with van der Waals surface area (Å²) in [5.41, 5.74) is 0. The van der Waals surface area contributed by atoms with E-state index in [1.807, 2.05) is 6.07 Å². The highest BCUT2D eigenvalue weighted by atomic mass is 19.1. The van der Waals surface area contributed by atoms with Crippen molar-refractivity contribution in [3.63, 3.8) is 0 Å². The predicted octanol–water partition coefficient (Wildman–Crippen LogP) is 3.06. The Balaban J connectivity index is 1.90. The van der Waals surface area contributed by atoms with Gasteiger partial charge in [-0.3, -0.25) is 4.79 Å². The number of nitrogens with one attached hydrogen (secondary N) is 1. The number of halogens is 2. The van der Waals surface area contributed by atoms with E-state index in [1.54, 1.807) is 12.1 Å². The molecule has 0 fully saturated rings. The van der Waals surface area contributed by atoms with Crippen LogP contribution >= 0.6 is 0 Å². The highest BCUT2D eigenvalue weighted by molar-refractivity contribution is 5.92. The van der Waals surface area contributed by atoms with Crippen LogP contribution < -0.4 is 14.8 Å². The van der Waals surface area contributed by atoms with Gasteiger partial charge >= 0.3 is 0 Å². The fourth-order valence-electron chi connectivity index (χ4n) is 1.84. The molecule has 1 N–H and O–H groups in total. The van der Waals surface area contributed by atoms with Crippen LogP contribution in [0.1, 0.15) is 12.8 Å². The zero-order chi connectivity index (χ0) is 18.1. The Labute approximate surface area is 143 Å². The summed E-state index contributed by atoms with van der Waals surface area (Å²) in [6.45, 7) is -0.174. The van der Waals surface area contributed by atoms with Gasteiger partial charge in [0.1, 0.15) is 5.82 Å². The summed E-state index contributed by atoms with van der Waals surface area (Å²) >= 11 is 0. The Morgan fingerprint density at radius 3 is 2.84 bits per heavy atom. The minimum absolute atomic E-state index is 0.188. The van der Waals surface area contributed by atoms with Gasteiger partial charge in [-0.2, -0.15) is 5.26 Å². The van der Waals surface area contributed by atoms with Gasteiger partial charge in [-0.05, 0) is 30.7 Å². The molecule has 0 saturated heterocycles. The number of nitrogens with zero attached hydrogens (tertiary/aromatic N) is 2. The van der Waals surface area contributed by atoms with Gasteiger partial charge < -0.3 is 14.8 Å².